The van der Waals surface area contributed by atoms with Gasteiger partial charge < -0.3 is 5.32 Å². The fraction of sp³-hybridized carbons (Fsp3) is 0.400. The minimum absolute atomic E-state index is 0.533. The van der Waals surface area contributed by atoms with E-state index in [1.54, 1.807) is 11.3 Å². The molecule has 96 valence electrons. The minimum atomic E-state index is 0.533. The molecule has 0 amide bonds. The molecule has 0 aliphatic heterocycles. The number of likely N-dealkylation sites (N-methyl/N-ethyl adjacent to an activating group) is 1. The summed E-state index contributed by atoms with van der Waals surface area (Å²) in [6.45, 7) is 2.15. The van der Waals surface area contributed by atoms with Gasteiger partial charge in [-0.05, 0) is 38.8 Å². The molecule has 0 fully saturated rings. The summed E-state index contributed by atoms with van der Waals surface area (Å²) in [5, 5.41) is 3.40. The first-order valence-electron chi connectivity index (χ1n) is 6.38. The first-order valence-corrected chi connectivity index (χ1v) is 7.26. The molecular formula is C15H20N2S. The summed E-state index contributed by atoms with van der Waals surface area (Å²) in [5.41, 5.74) is 4.68. The van der Waals surface area contributed by atoms with Crippen molar-refractivity contribution < 1.29 is 0 Å². The third kappa shape index (κ3) is 3.93. The van der Waals surface area contributed by atoms with E-state index in [-0.39, 0.29) is 0 Å². The predicted octanol–water partition coefficient (Wildman–Crippen LogP) is 3.21. The highest BCUT2D eigenvalue weighted by molar-refractivity contribution is 7.09. The number of hydrogen-bond acceptors (Lipinski definition) is 3. The maximum Gasteiger partial charge on any atom is 0.0794 e. The van der Waals surface area contributed by atoms with Gasteiger partial charge >= 0.3 is 0 Å². The lowest BCUT2D eigenvalue weighted by molar-refractivity contribution is 0.523. The number of nitrogens with one attached hydrogen (secondary N) is 1. The average Bonchev–Trinajstić information content (AvgIpc) is 2.87. The number of aryl methyl sites for hydroxylation is 2. The van der Waals surface area contributed by atoms with Crippen LogP contribution in [0.4, 0.5) is 0 Å². The second kappa shape index (κ2) is 6.66. The monoisotopic (exact) mass is 260 g/mol. The lowest BCUT2D eigenvalue weighted by atomic mass is 10.0. The molecule has 0 spiro atoms. The van der Waals surface area contributed by atoms with Gasteiger partial charge in [0, 0.05) is 17.1 Å². The molecular weight excluding hydrogens is 240 g/mol. The number of aromatic nitrogens is 1. The van der Waals surface area contributed by atoms with Crippen molar-refractivity contribution >= 4 is 11.3 Å². The van der Waals surface area contributed by atoms with E-state index in [4.69, 9.17) is 0 Å². The number of hydrogen-bond donors (Lipinski definition) is 1. The minimum Gasteiger partial charge on any atom is -0.317 e. The van der Waals surface area contributed by atoms with Crippen molar-refractivity contribution in [2.45, 2.75) is 32.2 Å². The highest BCUT2D eigenvalue weighted by Gasteiger charge is 2.08. The molecule has 1 aromatic carbocycles. The smallest absolute Gasteiger partial charge is 0.0794 e. The summed E-state index contributed by atoms with van der Waals surface area (Å²) in [7, 11) is 2.04. The zero-order valence-electron chi connectivity index (χ0n) is 11.0. The normalized spacial score (nSPS) is 12.6. The second-order valence-electron chi connectivity index (χ2n) is 4.69. The van der Waals surface area contributed by atoms with Gasteiger partial charge in [-0.3, -0.25) is 4.98 Å². The van der Waals surface area contributed by atoms with Crippen LogP contribution in [0.5, 0.6) is 0 Å². The van der Waals surface area contributed by atoms with Gasteiger partial charge in [0.25, 0.3) is 0 Å². The van der Waals surface area contributed by atoms with Crippen molar-refractivity contribution in [3.05, 3.63) is 52.0 Å². The van der Waals surface area contributed by atoms with Crippen LogP contribution in [-0.2, 0) is 12.8 Å². The fourth-order valence-corrected chi connectivity index (χ4v) is 2.82. The maximum atomic E-state index is 4.13. The number of rotatable bonds is 6. The standard InChI is InChI=1S/C15H20N2S/c1-12-4-3-5-13(8-12)6-7-14(16-2)9-15-10-17-11-18-15/h3-5,8,10-11,14,16H,6-7,9H2,1-2H3. The Morgan fingerprint density at radius 1 is 1.39 bits per heavy atom. The molecule has 1 unspecified atom stereocenters. The van der Waals surface area contributed by atoms with Crippen LogP contribution in [-0.4, -0.2) is 18.1 Å². The molecule has 0 bridgehead atoms. The maximum absolute atomic E-state index is 4.13. The Kier molecular flexibility index (Phi) is 4.90. The van der Waals surface area contributed by atoms with E-state index < -0.39 is 0 Å². The summed E-state index contributed by atoms with van der Waals surface area (Å²) < 4.78 is 0. The topological polar surface area (TPSA) is 24.9 Å². The van der Waals surface area contributed by atoms with Gasteiger partial charge in [0.2, 0.25) is 0 Å². The molecule has 1 N–H and O–H groups in total. The van der Waals surface area contributed by atoms with E-state index in [1.807, 2.05) is 18.8 Å². The zero-order chi connectivity index (χ0) is 12.8. The average molecular weight is 260 g/mol. The molecule has 0 aliphatic carbocycles. The fourth-order valence-electron chi connectivity index (χ4n) is 2.14. The van der Waals surface area contributed by atoms with Crippen LogP contribution in [0.15, 0.2) is 36.0 Å². The number of nitrogens with zero attached hydrogens (tertiary/aromatic N) is 1. The summed E-state index contributed by atoms with van der Waals surface area (Å²) in [6, 6.07) is 9.32. The quantitative estimate of drug-likeness (QED) is 0.862. The molecule has 2 rings (SSSR count). The SMILES string of the molecule is CNC(CCc1cccc(C)c1)Cc1cncs1. The lowest BCUT2D eigenvalue weighted by Crippen LogP contribution is -2.27. The molecule has 2 aromatic rings. The predicted molar refractivity (Wildman–Crippen MR) is 78.2 cm³/mol. The molecule has 0 saturated heterocycles. The number of benzene rings is 1. The molecule has 0 aliphatic rings. The third-order valence-corrected chi connectivity index (χ3v) is 4.01. The molecule has 3 heteroatoms. The number of thiazole rings is 1. The molecule has 1 aromatic heterocycles. The van der Waals surface area contributed by atoms with Crippen molar-refractivity contribution in [3.8, 4) is 0 Å². The summed E-state index contributed by atoms with van der Waals surface area (Å²) in [5.74, 6) is 0. The van der Waals surface area contributed by atoms with Gasteiger partial charge in [-0.2, -0.15) is 0 Å². The van der Waals surface area contributed by atoms with Crippen molar-refractivity contribution in [3.63, 3.8) is 0 Å². The van der Waals surface area contributed by atoms with Crippen LogP contribution >= 0.6 is 11.3 Å². The molecule has 18 heavy (non-hydrogen) atoms. The van der Waals surface area contributed by atoms with Crippen LogP contribution in [0, 0.1) is 6.92 Å². The Balaban J connectivity index is 1.87. The van der Waals surface area contributed by atoms with Crippen LogP contribution in [0.3, 0.4) is 0 Å². The largest absolute Gasteiger partial charge is 0.317 e. The first kappa shape index (κ1) is 13.2. The molecule has 0 radical (unpaired) electrons. The van der Waals surface area contributed by atoms with Gasteiger partial charge in [0.05, 0.1) is 5.51 Å². The lowest BCUT2D eigenvalue weighted by Gasteiger charge is -2.15. The van der Waals surface area contributed by atoms with E-state index in [0.29, 0.717) is 6.04 Å². The van der Waals surface area contributed by atoms with Crippen molar-refractivity contribution in [1.29, 1.82) is 0 Å². The summed E-state index contributed by atoms with van der Waals surface area (Å²) in [4.78, 5) is 5.49. The zero-order valence-corrected chi connectivity index (χ0v) is 11.8. The van der Waals surface area contributed by atoms with E-state index in [9.17, 15) is 0 Å². The van der Waals surface area contributed by atoms with Crippen molar-refractivity contribution in [2.24, 2.45) is 0 Å². The Morgan fingerprint density at radius 3 is 2.94 bits per heavy atom. The van der Waals surface area contributed by atoms with Crippen molar-refractivity contribution in [1.82, 2.24) is 10.3 Å². The van der Waals surface area contributed by atoms with E-state index in [1.165, 1.54) is 16.0 Å². The molecule has 1 heterocycles. The van der Waals surface area contributed by atoms with Crippen LogP contribution in [0.2, 0.25) is 0 Å². The Bertz CT molecular complexity index is 465. The molecule has 1 atom stereocenters. The van der Waals surface area contributed by atoms with Crippen LogP contribution in [0.25, 0.3) is 0 Å². The summed E-state index contributed by atoms with van der Waals surface area (Å²) in [6.07, 6.45) is 5.35. The first-order chi connectivity index (χ1) is 8.78. The van der Waals surface area contributed by atoms with Gasteiger partial charge in [0.15, 0.2) is 0 Å². The summed E-state index contributed by atoms with van der Waals surface area (Å²) >= 11 is 1.74. The van der Waals surface area contributed by atoms with Gasteiger partial charge in [-0.1, -0.05) is 29.8 Å². The van der Waals surface area contributed by atoms with E-state index >= 15 is 0 Å². The van der Waals surface area contributed by atoms with Crippen molar-refractivity contribution in [2.75, 3.05) is 7.05 Å². The van der Waals surface area contributed by atoms with Gasteiger partial charge in [-0.15, -0.1) is 11.3 Å². The van der Waals surface area contributed by atoms with Gasteiger partial charge in [0.1, 0.15) is 0 Å². The van der Waals surface area contributed by atoms with Crippen LogP contribution in [0.1, 0.15) is 22.4 Å². The van der Waals surface area contributed by atoms with Gasteiger partial charge in [-0.25, -0.2) is 0 Å². The molecule has 2 nitrogen and oxygen atoms in total. The van der Waals surface area contributed by atoms with E-state index in [0.717, 1.165) is 19.3 Å². The van der Waals surface area contributed by atoms with Crippen LogP contribution < -0.4 is 5.32 Å². The second-order valence-corrected chi connectivity index (χ2v) is 5.66. The highest BCUT2D eigenvalue weighted by Crippen LogP contribution is 2.13. The molecule has 0 saturated carbocycles. The van der Waals surface area contributed by atoms with E-state index in [2.05, 4.69) is 41.5 Å². The Morgan fingerprint density at radius 2 is 2.28 bits per heavy atom. The highest BCUT2D eigenvalue weighted by atomic mass is 32.1. The Hall–Kier alpha value is -1.19. The Labute approximate surface area is 113 Å². The third-order valence-electron chi connectivity index (χ3n) is 3.20.